The largest absolute Gasteiger partial charge is 0.497 e. The van der Waals surface area contributed by atoms with Gasteiger partial charge in [0.2, 0.25) is 5.91 Å². The number of piperidine rings is 1. The van der Waals surface area contributed by atoms with Gasteiger partial charge in [0, 0.05) is 20.1 Å². The van der Waals surface area contributed by atoms with Crippen LogP contribution in [0.1, 0.15) is 31.7 Å². The summed E-state index contributed by atoms with van der Waals surface area (Å²) in [4.78, 5) is 14.7. The van der Waals surface area contributed by atoms with E-state index < -0.39 is 0 Å². The minimum Gasteiger partial charge on any atom is -0.497 e. The van der Waals surface area contributed by atoms with Crippen LogP contribution in [-0.4, -0.2) is 38.1 Å². The van der Waals surface area contributed by atoms with Gasteiger partial charge in [0.25, 0.3) is 0 Å². The summed E-state index contributed by atoms with van der Waals surface area (Å²) in [6.07, 6.45) is 2.96. The number of amides is 1. The van der Waals surface area contributed by atoms with Gasteiger partial charge in [-0.1, -0.05) is 19.1 Å². The summed E-state index contributed by atoms with van der Waals surface area (Å²) in [7, 11) is 3.56. The monoisotopic (exact) mass is 290 g/mol. The van der Waals surface area contributed by atoms with Crippen molar-refractivity contribution in [3.8, 4) is 5.75 Å². The van der Waals surface area contributed by atoms with Crippen molar-refractivity contribution >= 4 is 5.91 Å². The van der Waals surface area contributed by atoms with Gasteiger partial charge in [-0.2, -0.15) is 0 Å². The molecule has 1 unspecified atom stereocenters. The first kappa shape index (κ1) is 15.8. The second kappa shape index (κ2) is 6.94. The number of carbonyl (C=O) groups is 1. The molecule has 1 fully saturated rings. The first-order chi connectivity index (χ1) is 10.1. The van der Waals surface area contributed by atoms with Crippen LogP contribution >= 0.6 is 0 Å². The standard InChI is InChI=1S/C17H26N2O2/c1-4-17(10-5-11-18-13-17)16(20)19(2)12-14-6-8-15(21-3)9-7-14/h6-9,18H,4-5,10-13H2,1-3H3. The molecule has 0 aliphatic carbocycles. The maximum atomic E-state index is 12.8. The molecule has 0 spiro atoms. The topological polar surface area (TPSA) is 41.6 Å². The van der Waals surface area contributed by atoms with Gasteiger partial charge in [0.05, 0.1) is 12.5 Å². The van der Waals surface area contributed by atoms with Gasteiger partial charge < -0.3 is 15.0 Å². The zero-order valence-electron chi connectivity index (χ0n) is 13.3. The highest BCUT2D eigenvalue weighted by atomic mass is 16.5. The lowest BCUT2D eigenvalue weighted by atomic mass is 9.77. The van der Waals surface area contributed by atoms with Gasteiger partial charge in [0.15, 0.2) is 0 Å². The van der Waals surface area contributed by atoms with Crippen LogP contribution in [0.2, 0.25) is 0 Å². The molecule has 4 nitrogen and oxygen atoms in total. The van der Waals surface area contributed by atoms with E-state index in [1.165, 1.54) is 0 Å². The Balaban J connectivity index is 2.03. The molecule has 0 aromatic heterocycles. The lowest BCUT2D eigenvalue weighted by molar-refractivity contribution is -0.142. The number of hydrogen-bond acceptors (Lipinski definition) is 3. The highest BCUT2D eigenvalue weighted by Crippen LogP contribution is 2.32. The first-order valence-electron chi connectivity index (χ1n) is 7.70. The fourth-order valence-electron chi connectivity index (χ4n) is 3.08. The van der Waals surface area contributed by atoms with E-state index in [1.807, 2.05) is 36.2 Å². The Morgan fingerprint density at radius 2 is 2.10 bits per heavy atom. The van der Waals surface area contributed by atoms with Crippen LogP contribution in [0.3, 0.4) is 0 Å². The predicted molar refractivity (Wildman–Crippen MR) is 84.3 cm³/mol. The van der Waals surface area contributed by atoms with E-state index in [0.29, 0.717) is 6.54 Å². The lowest BCUT2D eigenvalue weighted by Crippen LogP contribution is -2.50. The number of rotatable bonds is 5. The van der Waals surface area contributed by atoms with Crippen molar-refractivity contribution < 1.29 is 9.53 Å². The quantitative estimate of drug-likeness (QED) is 0.905. The van der Waals surface area contributed by atoms with Crippen molar-refractivity contribution in [3.63, 3.8) is 0 Å². The van der Waals surface area contributed by atoms with Crippen molar-refractivity contribution in [1.29, 1.82) is 0 Å². The fourth-order valence-corrected chi connectivity index (χ4v) is 3.08. The van der Waals surface area contributed by atoms with E-state index in [-0.39, 0.29) is 11.3 Å². The average Bonchev–Trinajstić information content (AvgIpc) is 2.55. The number of carbonyl (C=O) groups excluding carboxylic acids is 1. The Morgan fingerprint density at radius 1 is 1.38 bits per heavy atom. The Morgan fingerprint density at radius 3 is 2.62 bits per heavy atom. The zero-order valence-corrected chi connectivity index (χ0v) is 13.3. The van der Waals surface area contributed by atoms with E-state index in [9.17, 15) is 4.79 Å². The van der Waals surface area contributed by atoms with Crippen LogP contribution in [0.25, 0.3) is 0 Å². The van der Waals surface area contributed by atoms with Crippen LogP contribution in [-0.2, 0) is 11.3 Å². The van der Waals surface area contributed by atoms with Crippen LogP contribution in [0.5, 0.6) is 5.75 Å². The van der Waals surface area contributed by atoms with E-state index in [4.69, 9.17) is 4.74 Å². The summed E-state index contributed by atoms with van der Waals surface area (Å²) >= 11 is 0. The van der Waals surface area contributed by atoms with Crippen molar-refractivity contribution in [1.82, 2.24) is 10.2 Å². The summed E-state index contributed by atoms with van der Waals surface area (Å²) in [5.41, 5.74) is 0.904. The van der Waals surface area contributed by atoms with Crippen molar-refractivity contribution in [2.24, 2.45) is 5.41 Å². The third kappa shape index (κ3) is 3.56. The molecule has 2 rings (SSSR count). The van der Waals surface area contributed by atoms with E-state index >= 15 is 0 Å². The molecule has 1 amide bonds. The summed E-state index contributed by atoms with van der Waals surface area (Å²) < 4.78 is 5.16. The third-order valence-electron chi connectivity index (χ3n) is 4.53. The Bertz CT molecular complexity index is 464. The number of hydrogen-bond donors (Lipinski definition) is 1. The molecule has 1 saturated heterocycles. The van der Waals surface area contributed by atoms with Crippen molar-refractivity contribution in [2.45, 2.75) is 32.7 Å². The number of nitrogens with one attached hydrogen (secondary N) is 1. The molecule has 0 saturated carbocycles. The molecular weight excluding hydrogens is 264 g/mol. The van der Waals surface area contributed by atoms with Crippen LogP contribution in [0.4, 0.5) is 0 Å². The molecule has 0 bridgehead atoms. The summed E-state index contributed by atoms with van der Waals surface area (Å²) in [5.74, 6) is 1.10. The summed E-state index contributed by atoms with van der Waals surface area (Å²) in [6, 6.07) is 7.90. The highest BCUT2D eigenvalue weighted by Gasteiger charge is 2.39. The number of benzene rings is 1. The van der Waals surface area contributed by atoms with Gasteiger partial charge >= 0.3 is 0 Å². The second-order valence-corrected chi connectivity index (χ2v) is 5.92. The van der Waals surface area contributed by atoms with E-state index in [0.717, 1.165) is 43.7 Å². The van der Waals surface area contributed by atoms with E-state index in [1.54, 1.807) is 7.11 Å². The molecule has 1 N–H and O–H groups in total. The number of ether oxygens (including phenoxy) is 1. The SMILES string of the molecule is CCC1(C(=O)N(C)Cc2ccc(OC)cc2)CCCNC1. The zero-order chi connectivity index (χ0) is 15.3. The molecule has 1 aromatic rings. The molecule has 1 aliphatic heterocycles. The van der Waals surface area contributed by atoms with Crippen molar-refractivity contribution in [3.05, 3.63) is 29.8 Å². The van der Waals surface area contributed by atoms with Gasteiger partial charge in [-0.05, 0) is 43.5 Å². The minimum atomic E-state index is -0.223. The van der Waals surface area contributed by atoms with Crippen LogP contribution in [0.15, 0.2) is 24.3 Å². The van der Waals surface area contributed by atoms with Gasteiger partial charge in [-0.25, -0.2) is 0 Å². The predicted octanol–water partition coefficient (Wildman–Crippen LogP) is 2.43. The molecule has 21 heavy (non-hydrogen) atoms. The first-order valence-corrected chi connectivity index (χ1v) is 7.70. The average molecular weight is 290 g/mol. The third-order valence-corrected chi connectivity index (χ3v) is 4.53. The lowest BCUT2D eigenvalue weighted by Gasteiger charge is -2.38. The molecular formula is C17H26N2O2. The fraction of sp³-hybridized carbons (Fsp3) is 0.588. The van der Waals surface area contributed by atoms with E-state index in [2.05, 4.69) is 12.2 Å². The van der Waals surface area contributed by atoms with Gasteiger partial charge in [-0.3, -0.25) is 4.79 Å². The number of nitrogens with zero attached hydrogens (tertiary/aromatic N) is 1. The maximum absolute atomic E-state index is 12.8. The molecule has 116 valence electrons. The maximum Gasteiger partial charge on any atom is 0.230 e. The molecule has 1 aliphatic rings. The smallest absolute Gasteiger partial charge is 0.230 e. The molecule has 1 heterocycles. The number of methoxy groups -OCH3 is 1. The summed E-state index contributed by atoms with van der Waals surface area (Å²) in [6.45, 7) is 4.59. The van der Waals surface area contributed by atoms with Gasteiger partial charge in [-0.15, -0.1) is 0 Å². The van der Waals surface area contributed by atoms with Gasteiger partial charge in [0.1, 0.15) is 5.75 Å². The minimum absolute atomic E-state index is 0.223. The van der Waals surface area contributed by atoms with Crippen LogP contribution in [0, 0.1) is 5.41 Å². The molecule has 1 atom stereocenters. The molecule has 4 heteroatoms. The molecule has 1 aromatic carbocycles. The molecule has 0 radical (unpaired) electrons. The Labute approximate surface area is 127 Å². The van der Waals surface area contributed by atoms with Crippen LogP contribution < -0.4 is 10.1 Å². The van der Waals surface area contributed by atoms with Crippen molar-refractivity contribution in [2.75, 3.05) is 27.2 Å². The normalized spacial score (nSPS) is 21.9. The highest BCUT2D eigenvalue weighted by molar-refractivity contribution is 5.83. The second-order valence-electron chi connectivity index (χ2n) is 5.92. The Kier molecular flexibility index (Phi) is 5.23. The summed E-state index contributed by atoms with van der Waals surface area (Å²) in [5, 5.41) is 3.38. The Hall–Kier alpha value is -1.55.